The largest absolute Gasteiger partial charge is 0.322 e. The molecule has 1 fully saturated rings. The van der Waals surface area contributed by atoms with Crippen molar-refractivity contribution in [3.05, 3.63) is 29.0 Å². The van der Waals surface area contributed by atoms with E-state index in [2.05, 4.69) is 17.1 Å². The van der Waals surface area contributed by atoms with E-state index in [1.54, 1.807) is 6.07 Å². The molecular weight excluding hydrogens is 255 g/mol. The number of halogens is 2. The summed E-state index contributed by atoms with van der Waals surface area (Å²) in [6.45, 7) is 3.34. The molecule has 3 nitrogen and oxygen atoms in total. The normalized spacial score (nSPS) is 20.1. The zero-order chi connectivity index (χ0) is 13.1. The van der Waals surface area contributed by atoms with Crippen LogP contribution in [0.4, 0.5) is 10.1 Å². The van der Waals surface area contributed by atoms with Gasteiger partial charge in [0, 0.05) is 11.1 Å². The van der Waals surface area contributed by atoms with E-state index in [1.165, 1.54) is 12.1 Å². The summed E-state index contributed by atoms with van der Waals surface area (Å²) in [6.07, 6.45) is 2.23. The highest BCUT2D eigenvalue weighted by Crippen LogP contribution is 2.20. The molecule has 0 saturated carbocycles. The fourth-order valence-corrected chi connectivity index (χ4v) is 2.35. The molecule has 1 aromatic carbocycles. The highest BCUT2D eigenvalue weighted by molar-refractivity contribution is 6.30. The maximum atomic E-state index is 13.5. The molecule has 1 heterocycles. The van der Waals surface area contributed by atoms with E-state index in [-0.39, 0.29) is 11.6 Å². The molecule has 5 heteroatoms. The Kier molecular flexibility index (Phi) is 4.19. The van der Waals surface area contributed by atoms with Gasteiger partial charge in [-0.15, -0.1) is 0 Å². The summed E-state index contributed by atoms with van der Waals surface area (Å²) in [4.78, 5) is 13.9. The first kappa shape index (κ1) is 13.3. The van der Waals surface area contributed by atoms with Crippen LogP contribution in [0.25, 0.3) is 0 Å². The molecule has 98 valence electrons. The molecule has 1 amide bonds. The number of likely N-dealkylation sites (tertiary alicyclic amines) is 1. The maximum Gasteiger partial charge on any atom is 0.238 e. The van der Waals surface area contributed by atoms with Crippen LogP contribution in [-0.4, -0.2) is 29.9 Å². The Hall–Kier alpha value is -1.13. The summed E-state index contributed by atoms with van der Waals surface area (Å²) in [5.41, 5.74) is 0.177. The number of nitrogens with zero attached hydrogens (tertiary/aromatic N) is 1. The van der Waals surface area contributed by atoms with Crippen molar-refractivity contribution in [1.82, 2.24) is 4.90 Å². The van der Waals surface area contributed by atoms with Crippen molar-refractivity contribution in [2.24, 2.45) is 0 Å². The molecule has 1 aliphatic heterocycles. The number of anilines is 1. The van der Waals surface area contributed by atoms with Crippen molar-refractivity contribution in [3.63, 3.8) is 0 Å². The quantitative estimate of drug-likeness (QED) is 0.916. The fourth-order valence-electron chi connectivity index (χ4n) is 2.19. The molecule has 0 aliphatic carbocycles. The van der Waals surface area contributed by atoms with E-state index in [0.29, 0.717) is 17.6 Å². The first-order valence-corrected chi connectivity index (χ1v) is 6.43. The molecule has 1 unspecified atom stereocenters. The second-order valence-corrected chi connectivity index (χ2v) is 5.07. The molecule has 1 atom stereocenters. The van der Waals surface area contributed by atoms with Gasteiger partial charge in [0.15, 0.2) is 0 Å². The lowest BCUT2D eigenvalue weighted by atomic mass is 10.2. The number of benzene rings is 1. The lowest BCUT2D eigenvalue weighted by Crippen LogP contribution is -2.35. The zero-order valence-electron chi connectivity index (χ0n) is 10.2. The van der Waals surface area contributed by atoms with Gasteiger partial charge in [-0.2, -0.15) is 0 Å². The molecule has 0 spiro atoms. The van der Waals surface area contributed by atoms with Crippen LogP contribution in [0.5, 0.6) is 0 Å². The molecule has 1 aliphatic rings. The van der Waals surface area contributed by atoms with Crippen molar-refractivity contribution < 1.29 is 9.18 Å². The lowest BCUT2D eigenvalue weighted by Gasteiger charge is -2.20. The molecule has 2 rings (SSSR count). The number of rotatable bonds is 3. The van der Waals surface area contributed by atoms with Gasteiger partial charge < -0.3 is 5.32 Å². The highest BCUT2D eigenvalue weighted by atomic mass is 35.5. The van der Waals surface area contributed by atoms with Crippen LogP contribution in [0.1, 0.15) is 19.8 Å². The highest BCUT2D eigenvalue weighted by Gasteiger charge is 2.22. The van der Waals surface area contributed by atoms with Crippen LogP contribution in [0.2, 0.25) is 5.02 Å². The minimum atomic E-state index is -0.509. The number of carbonyl (C=O) groups excluding carboxylic acids is 1. The van der Waals surface area contributed by atoms with Crippen molar-refractivity contribution >= 4 is 23.2 Å². The van der Waals surface area contributed by atoms with Crippen LogP contribution in [0.3, 0.4) is 0 Å². The van der Waals surface area contributed by atoms with Gasteiger partial charge in [0.2, 0.25) is 5.91 Å². The number of hydrogen-bond donors (Lipinski definition) is 1. The standard InChI is InChI=1S/C13H16ClFN2O/c1-9-3-2-6-17(9)8-13(18)16-12-5-4-10(14)7-11(12)15/h4-5,7,9H,2-3,6,8H2,1H3,(H,16,18). The van der Waals surface area contributed by atoms with Gasteiger partial charge in [-0.3, -0.25) is 9.69 Å². The Morgan fingerprint density at radius 2 is 2.39 bits per heavy atom. The van der Waals surface area contributed by atoms with E-state index in [0.717, 1.165) is 19.4 Å². The third kappa shape index (κ3) is 3.21. The van der Waals surface area contributed by atoms with E-state index in [9.17, 15) is 9.18 Å². The Labute approximate surface area is 111 Å². The van der Waals surface area contributed by atoms with Gasteiger partial charge in [0.1, 0.15) is 5.82 Å². The van der Waals surface area contributed by atoms with Crippen molar-refractivity contribution in [2.75, 3.05) is 18.4 Å². The average molecular weight is 271 g/mol. The second kappa shape index (κ2) is 5.67. The van der Waals surface area contributed by atoms with Crippen LogP contribution in [0.15, 0.2) is 18.2 Å². The second-order valence-electron chi connectivity index (χ2n) is 4.63. The summed E-state index contributed by atoms with van der Waals surface area (Å²) >= 11 is 5.65. The molecule has 0 radical (unpaired) electrons. The van der Waals surface area contributed by atoms with Gasteiger partial charge in [0.05, 0.1) is 12.2 Å². The monoisotopic (exact) mass is 270 g/mol. The fraction of sp³-hybridized carbons (Fsp3) is 0.462. The summed E-state index contributed by atoms with van der Waals surface area (Å²) in [7, 11) is 0. The van der Waals surface area contributed by atoms with Gasteiger partial charge >= 0.3 is 0 Å². The Morgan fingerprint density at radius 3 is 3.00 bits per heavy atom. The molecule has 18 heavy (non-hydrogen) atoms. The number of hydrogen-bond acceptors (Lipinski definition) is 2. The minimum Gasteiger partial charge on any atom is -0.322 e. The van der Waals surface area contributed by atoms with Crippen molar-refractivity contribution in [3.8, 4) is 0 Å². The van der Waals surface area contributed by atoms with Crippen LogP contribution in [-0.2, 0) is 4.79 Å². The van der Waals surface area contributed by atoms with Crippen LogP contribution in [0, 0.1) is 5.82 Å². The summed E-state index contributed by atoms with van der Waals surface area (Å²) < 4.78 is 13.5. The number of nitrogens with one attached hydrogen (secondary N) is 1. The van der Waals surface area contributed by atoms with Gasteiger partial charge in [-0.1, -0.05) is 11.6 Å². The van der Waals surface area contributed by atoms with Gasteiger partial charge in [-0.05, 0) is 44.5 Å². The van der Waals surface area contributed by atoms with Crippen LogP contribution >= 0.6 is 11.6 Å². The molecule has 0 aromatic heterocycles. The molecule has 1 N–H and O–H groups in total. The summed E-state index contributed by atoms with van der Waals surface area (Å²) in [6, 6.07) is 4.64. The van der Waals surface area contributed by atoms with Crippen molar-refractivity contribution in [1.29, 1.82) is 0 Å². The maximum absolute atomic E-state index is 13.5. The molecule has 1 aromatic rings. The lowest BCUT2D eigenvalue weighted by molar-refractivity contribution is -0.117. The van der Waals surface area contributed by atoms with Crippen molar-refractivity contribution in [2.45, 2.75) is 25.8 Å². The van der Waals surface area contributed by atoms with Gasteiger partial charge in [0.25, 0.3) is 0 Å². The third-order valence-electron chi connectivity index (χ3n) is 3.24. The number of amides is 1. The van der Waals surface area contributed by atoms with Gasteiger partial charge in [-0.25, -0.2) is 4.39 Å². The van der Waals surface area contributed by atoms with E-state index >= 15 is 0 Å². The average Bonchev–Trinajstić information content (AvgIpc) is 2.69. The van der Waals surface area contributed by atoms with E-state index in [4.69, 9.17) is 11.6 Å². The first-order valence-electron chi connectivity index (χ1n) is 6.05. The molecule has 0 bridgehead atoms. The summed E-state index contributed by atoms with van der Waals surface area (Å²) in [5, 5.41) is 2.89. The predicted octanol–water partition coefficient (Wildman–Crippen LogP) is 2.90. The minimum absolute atomic E-state index is 0.177. The van der Waals surface area contributed by atoms with E-state index < -0.39 is 5.82 Å². The Morgan fingerprint density at radius 1 is 1.61 bits per heavy atom. The third-order valence-corrected chi connectivity index (χ3v) is 3.48. The summed E-state index contributed by atoms with van der Waals surface area (Å²) in [5.74, 6) is -0.699. The Balaban J connectivity index is 1.94. The first-order chi connectivity index (χ1) is 8.56. The van der Waals surface area contributed by atoms with E-state index in [1.807, 2.05) is 0 Å². The molecule has 1 saturated heterocycles. The smallest absolute Gasteiger partial charge is 0.238 e. The topological polar surface area (TPSA) is 32.3 Å². The van der Waals surface area contributed by atoms with Crippen LogP contribution < -0.4 is 5.32 Å². The predicted molar refractivity (Wildman–Crippen MR) is 70.3 cm³/mol. The SMILES string of the molecule is CC1CCCN1CC(=O)Nc1ccc(Cl)cc1F. The number of carbonyl (C=O) groups is 1. The Bertz CT molecular complexity index is 453. The zero-order valence-corrected chi connectivity index (χ0v) is 11.0. The molecular formula is C13H16ClFN2O.